The molecule has 0 amide bonds. The van der Waals surface area contributed by atoms with Gasteiger partial charge in [0.15, 0.2) is 0 Å². The number of hydrogen-bond acceptors (Lipinski definition) is 2. The average molecular weight is 966 g/mol. The van der Waals surface area contributed by atoms with Crippen LogP contribution in [0, 0.1) is 0 Å². The molecule has 13 aromatic rings. The van der Waals surface area contributed by atoms with Crippen molar-refractivity contribution in [2.75, 3.05) is 4.90 Å². The summed E-state index contributed by atoms with van der Waals surface area (Å²) < 4.78 is 6.78. The Morgan fingerprint density at radius 2 is 0.645 bits per heavy atom. The number of hydrogen-bond donors (Lipinski definition) is 0. The molecule has 0 saturated carbocycles. The third-order valence-electron chi connectivity index (χ3n) is 17.0. The van der Waals surface area contributed by atoms with Crippen LogP contribution in [0.2, 0.25) is 0 Å². The lowest BCUT2D eigenvalue weighted by atomic mass is 9.67. The molecule has 0 bridgehead atoms. The highest BCUT2D eigenvalue weighted by molar-refractivity contribution is 6.15. The molecule has 1 spiro atoms. The first kappa shape index (κ1) is 42.7. The Morgan fingerprint density at radius 3 is 1.21 bits per heavy atom. The summed E-state index contributed by atoms with van der Waals surface area (Å²) in [5.74, 6) is 0. The van der Waals surface area contributed by atoms with E-state index in [4.69, 9.17) is 4.42 Å². The Bertz CT molecular complexity index is 4360. The van der Waals surface area contributed by atoms with Gasteiger partial charge in [0.25, 0.3) is 0 Å². The van der Waals surface area contributed by atoms with Gasteiger partial charge in [-0.25, -0.2) is 0 Å². The fourth-order valence-corrected chi connectivity index (χ4v) is 14.1. The number of fused-ring (bicyclic) bond motifs is 16. The van der Waals surface area contributed by atoms with Crippen LogP contribution in [0.5, 0.6) is 0 Å². The van der Waals surface area contributed by atoms with Crippen LogP contribution in [0.3, 0.4) is 0 Å². The van der Waals surface area contributed by atoms with E-state index in [1.165, 1.54) is 100 Å². The number of nitrogens with zero attached hydrogens (tertiary/aromatic N) is 1. The van der Waals surface area contributed by atoms with Gasteiger partial charge in [0, 0.05) is 16.5 Å². The highest BCUT2D eigenvalue weighted by Gasteiger charge is 2.53. The molecule has 0 fully saturated rings. The number of benzene rings is 12. The van der Waals surface area contributed by atoms with Crippen LogP contribution in [0.15, 0.2) is 290 Å². The smallest absolute Gasteiger partial charge is 0.137 e. The number of rotatable bonds is 7. The lowest BCUT2D eigenvalue weighted by Gasteiger charge is -2.35. The third kappa shape index (κ3) is 5.76. The molecule has 0 unspecified atom stereocenters. The van der Waals surface area contributed by atoms with Crippen LogP contribution in [-0.4, -0.2) is 0 Å². The second-order valence-corrected chi connectivity index (χ2v) is 20.6. The minimum Gasteiger partial charge on any atom is -0.456 e. The monoisotopic (exact) mass is 965 g/mol. The molecule has 2 heteroatoms. The summed E-state index contributed by atoms with van der Waals surface area (Å²) in [6.45, 7) is 0. The van der Waals surface area contributed by atoms with Crippen molar-refractivity contribution >= 4 is 39.0 Å². The van der Waals surface area contributed by atoms with E-state index in [1.807, 2.05) is 0 Å². The molecular weight excluding hydrogens is 919 g/mol. The van der Waals surface area contributed by atoms with E-state index in [0.29, 0.717) is 0 Å². The molecule has 76 heavy (non-hydrogen) atoms. The lowest BCUT2D eigenvalue weighted by Crippen LogP contribution is -2.29. The molecular formula is C74H47NO. The van der Waals surface area contributed by atoms with Crippen molar-refractivity contribution in [3.63, 3.8) is 0 Å². The van der Waals surface area contributed by atoms with Gasteiger partial charge in [0.2, 0.25) is 0 Å². The fourth-order valence-electron chi connectivity index (χ4n) is 14.1. The van der Waals surface area contributed by atoms with Crippen molar-refractivity contribution in [2.24, 2.45) is 0 Å². The summed E-state index contributed by atoms with van der Waals surface area (Å²) in [4.78, 5) is 2.60. The van der Waals surface area contributed by atoms with Crippen LogP contribution < -0.4 is 4.90 Å². The van der Waals surface area contributed by atoms with Crippen molar-refractivity contribution in [2.45, 2.75) is 10.8 Å². The van der Waals surface area contributed by atoms with Crippen molar-refractivity contribution in [1.82, 2.24) is 0 Å². The molecule has 1 heterocycles. The number of furan rings is 1. The molecule has 0 aliphatic heterocycles. The third-order valence-corrected chi connectivity index (χ3v) is 17.0. The van der Waals surface area contributed by atoms with E-state index < -0.39 is 10.8 Å². The molecule has 12 aromatic carbocycles. The molecule has 16 rings (SSSR count). The van der Waals surface area contributed by atoms with Crippen LogP contribution in [0.4, 0.5) is 17.1 Å². The number of para-hydroxylation sites is 1. The molecule has 0 saturated heterocycles. The summed E-state index contributed by atoms with van der Waals surface area (Å²) in [6, 6.07) is 106. The van der Waals surface area contributed by atoms with Gasteiger partial charge < -0.3 is 9.32 Å². The molecule has 3 aliphatic carbocycles. The summed E-state index contributed by atoms with van der Waals surface area (Å²) in [5, 5.41) is 2.16. The first-order valence-corrected chi connectivity index (χ1v) is 26.4. The Kier molecular flexibility index (Phi) is 9.20. The van der Waals surface area contributed by atoms with Crippen molar-refractivity contribution in [3.05, 3.63) is 330 Å². The Morgan fingerprint density at radius 1 is 0.263 bits per heavy atom. The predicted octanol–water partition coefficient (Wildman–Crippen LogP) is 19.1. The molecule has 0 radical (unpaired) electrons. The largest absolute Gasteiger partial charge is 0.456 e. The molecule has 2 nitrogen and oxygen atoms in total. The average Bonchev–Trinajstić information content (AvgIpc) is 4.40. The van der Waals surface area contributed by atoms with Gasteiger partial charge in [0.05, 0.1) is 33.3 Å². The topological polar surface area (TPSA) is 16.4 Å². The normalized spacial score (nSPS) is 13.7. The highest BCUT2D eigenvalue weighted by Crippen LogP contribution is 2.66. The predicted molar refractivity (Wildman–Crippen MR) is 313 cm³/mol. The van der Waals surface area contributed by atoms with Gasteiger partial charge in [-0.2, -0.15) is 0 Å². The summed E-state index contributed by atoms with van der Waals surface area (Å²) in [6.07, 6.45) is 0. The lowest BCUT2D eigenvalue weighted by molar-refractivity contribution is 0.669. The molecule has 0 atom stereocenters. The first-order valence-electron chi connectivity index (χ1n) is 26.4. The van der Waals surface area contributed by atoms with E-state index >= 15 is 0 Å². The van der Waals surface area contributed by atoms with Gasteiger partial charge in [-0.15, -0.1) is 0 Å². The van der Waals surface area contributed by atoms with Gasteiger partial charge in [-0.3, -0.25) is 0 Å². The minimum absolute atomic E-state index is 0.525. The number of anilines is 3. The molecule has 354 valence electrons. The summed E-state index contributed by atoms with van der Waals surface area (Å²) in [5.41, 5.74) is 26.1. The van der Waals surface area contributed by atoms with Crippen molar-refractivity contribution in [1.29, 1.82) is 0 Å². The maximum Gasteiger partial charge on any atom is 0.137 e. The van der Waals surface area contributed by atoms with E-state index in [9.17, 15) is 0 Å². The van der Waals surface area contributed by atoms with Gasteiger partial charge >= 0.3 is 0 Å². The molecule has 0 N–H and O–H groups in total. The van der Waals surface area contributed by atoms with Crippen LogP contribution >= 0.6 is 0 Å². The Balaban J connectivity index is 1.04. The van der Waals surface area contributed by atoms with Crippen LogP contribution in [0.25, 0.3) is 77.6 Å². The fraction of sp³-hybridized carbons (Fsp3) is 0.0270. The van der Waals surface area contributed by atoms with Crippen LogP contribution in [-0.2, 0) is 10.8 Å². The zero-order valence-electron chi connectivity index (χ0n) is 41.5. The quantitative estimate of drug-likeness (QED) is 0.158. The summed E-state index contributed by atoms with van der Waals surface area (Å²) in [7, 11) is 0. The van der Waals surface area contributed by atoms with Gasteiger partial charge in [-0.1, -0.05) is 243 Å². The van der Waals surface area contributed by atoms with E-state index in [1.54, 1.807) is 0 Å². The maximum absolute atomic E-state index is 6.78. The standard InChI is InChI=1S/C74H47NO/c1-3-22-48(23-4-1)50-26-17-28-52(46-50)73(53-29-18-27-51(47-53)49-24-5-2-6-25-49)61-37-14-9-32-56(61)70-63(73)39-19-41-65(70)75(67-43-21-45-69-72(67)58-34-11-16-44-68(58)76-69)66-42-20-40-64-71(66)57-33-10-15-38-62(57)74(64)59-35-12-7-30-54(59)55-31-8-13-36-60(55)74/h1-47H. The van der Waals surface area contributed by atoms with E-state index in [0.717, 1.165) is 39.0 Å². The highest BCUT2D eigenvalue weighted by atomic mass is 16.3. The van der Waals surface area contributed by atoms with E-state index in [2.05, 4.69) is 290 Å². The molecule has 1 aromatic heterocycles. The minimum atomic E-state index is -0.718. The SMILES string of the molecule is c1ccc(-c2cccc(C3(c4cccc(-c5ccccc5)c4)c4ccccc4-c4c(N(c5cccc6c5-c5ccccc5C65c6ccccc6-c6ccccc65)c5cccc6oc7ccccc7c56)cccc43)c2)cc1. The second-order valence-electron chi connectivity index (χ2n) is 20.6. The van der Waals surface area contributed by atoms with Crippen molar-refractivity contribution in [3.8, 4) is 55.6 Å². The zero-order valence-corrected chi connectivity index (χ0v) is 41.5. The van der Waals surface area contributed by atoms with Gasteiger partial charge in [-0.05, 0) is 131 Å². The first-order chi connectivity index (χ1) is 37.7. The van der Waals surface area contributed by atoms with Gasteiger partial charge in [0.1, 0.15) is 11.2 Å². The molecule has 3 aliphatic rings. The summed E-state index contributed by atoms with van der Waals surface area (Å²) >= 11 is 0. The van der Waals surface area contributed by atoms with E-state index in [-0.39, 0.29) is 0 Å². The maximum atomic E-state index is 6.78. The zero-order chi connectivity index (χ0) is 50.0. The van der Waals surface area contributed by atoms with Crippen LogP contribution in [0.1, 0.15) is 44.5 Å². The Labute approximate surface area is 442 Å². The second kappa shape index (κ2) is 16.4. The Hall–Kier alpha value is -9.76. The van der Waals surface area contributed by atoms with Crippen molar-refractivity contribution < 1.29 is 4.42 Å².